The van der Waals surface area contributed by atoms with Gasteiger partial charge in [-0.15, -0.1) is 0 Å². The molecule has 1 aliphatic rings. The molecule has 1 aromatic heterocycles. The lowest BCUT2D eigenvalue weighted by atomic mass is 10.1. The lowest BCUT2D eigenvalue weighted by Gasteiger charge is -2.26. The standard InChI is InChI=1S/C19H21F3N4O2/c20-19(21,22)15-3-1-14(2-4-15)18(27)25-17-6-5-16(13-24-17)23-7-8-26-9-11-28-12-10-26/h1-6,13,23H,7-12H2,(H,24,25,27). The van der Waals surface area contributed by atoms with Crippen molar-refractivity contribution in [1.29, 1.82) is 0 Å². The van der Waals surface area contributed by atoms with Crippen molar-refractivity contribution in [1.82, 2.24) is 9.88 Å². The van der Waals surface area contributed by atoms with Gasteiger partial charge < -0.3 is 15.4 Å². The summed E-state index contributed by atoms with van der Waals surface area (Å²) in [7, 11) is 0. The topological polar surface area (TPSA) is 66.5 Å². The number of nitrogens with zero attached hydrogens (tertiary/aromatic N) is 2. The molecule has 0 aliphatic carbocycles. The van der Waals surface area contributed by atoms with Crippen molar-refractivity contribution in [3.05, 3.63) is 53.7 Å². The third kappa shape index (κ3) is 5.67. The fourth-order valence-corrected chi connectivity index (χ4v) is 2.75. The number of amides is 1. The van der Waals surface area contributed by atoms with Gasteiger partial charge in [-0.2, -0.15) is 13.2 Å². The van der Waals surface area contributed by atoms with Crippen LogP contribution >= 0.6 is 0 Å². The molecule has 28 heavy (non-hydrogen) atoms. The van der Waals surface area contributed by atoms with E-state index in [1.54, 1.807) is 18.3 Å². The van der Waals surface area contributed by atoms with Crippen molar-refractivity contribution in [2.24, 2.45) is 0 Å². The van der Waals surface area contributed by atoms with Gasteiger partial charge in [0.1, 0.15) is 5.82 Å². The number of benzene rings is 1. The second kappa shape index (κ2) is 9.03. The Balaban J connectivity index is 1.48. The van der Waals surface area contributed by atoms with Crippen LogP contribution in [-0.2, 0) is 10.9 Å². The first-order valence-electron chi connectivity index (χ1n) is 8.90. The lowest BCUT2D eigenvalue weighted by molar-refractivity contribution is -0.137. The Labute approximate surface area is 160 Å². The third-order valence-corrected chi connectivity index (χ3v) is 4.34. The molecule has 1 saturated heterocycles. The molecule has 0 bridgehead atoms. The number of nitrogens with one attached hydrogen (secondary N) is 2. The summed E-state index contributed by atoms with van der Waals surface area (Å²) in [5.41, 5.74) is 0.151. The monoisotopic (exact) mass is 394 g/mol. The van der Waals surface area contributed by atoms with Crippen molar-refractivity contribution in [2.75, 3.05) is 50.0 Å². The zero-order chi connectivity index (χ0) is 20.0. The Bertz CT molecular complexity index is 773. The molecule has 2 aromatic rings. The van der Waals surface area contributed by atoms with Crippen LogP contribution in [0.1, 0.15) is 15.9 Å². The molecule has 9 heteroatoms. The van der Waals surface area contributed by atoms with Gasteiger partial charge in [-0.25, -0.2) is 4.98 Å². The Morgan fingerprint density at radius 1 is 1.11 bits per heavy atom. The second-order valence-corrected chi connectivity index (χ2v) is 6.34. The fourth-order valence-electron chi connectivity index (χ4n) is 2.75. The molecule has 0 spiro atoms. The number of hydrogen-bond acceptors (Lipinski definition) is 5. The summed E-state index contributed by atoms with van der Waals surface area (Å²) in [6.07, 6.45) is -2.83. The summed E-state index contributed by atoms with van der Waals surface area (Å²) in [4.78, 5) is 18.6. The Hall–Kier alpha value is -2.65. The molecule has 0 saturated carbocycles. The molecule has 1 aromatic carbocycles. The number of pyridine rings is 1. The van der Waals surface area contributed by atoms with E-state index in [0.717, 1.165) is 69.3 Å². The number of rotatable bonds is 6. The smallest absolute Gasteiger partial charge is 0.383 e. The molecule has 150 valence electrons. The van der Waals surface area contributed by atoms with Gasteiger partial charge in [-0.1, -0.05) is 0 Å². The Morgan fingerprint density at radius 3 is 2.43 bits per heavy atom. The van der Waals surface area contributed by atoms with E-state index in [1.807, 2.05) is 0 Å². The SMILES string of the molecule is O=C(Nc1ccc(NCCN2CCOCC2)cn1)c1ccc(C(F)(F)F)cc1. The van der Waals surface area contributed by atoms with Crippen molar-refractivity contribution in [2.45, 2.75) is 6.18 Å². The number of ether oxygens (including phenoxy) is 1. The molecule has 2 heterocycles. The van der Waals surface area contributed by atoms with Gasteiger partial charge in [0.25, 0.3) is 5.91 Å². The zero-order valence-electron chi connectivity index (χ0n) is 15.1. The first-order valence-corrected chi connectivity index (χ1v) is 8.90. The average Bonchev–Trinajstić information content (AvgIpc) is 2.69. The Kier molecular flexibility index (Phi) is 6.48. The van der Waals surface area contributed by atoms with E-state index in [0.29, 0.717) is 5.82 Å². The van der Waals surface area contributed by atoms with Gasteiger partial charge in [0.05, 0.1) is 30.7 Å². The number of anilines is 2. The number of carbonyl (C=O) groups excluding carboxylic acids is 1. The molecule has 1 fully saturated rings. The van der Waals surface area contributed by atoms with E-state index in [4.69, 9.17) is 4.74 Å². The van der Waals surface area contributed by atoms with Gasteiger partial charge in [-0.3, -0.25) is 9.69 Å². The number of carbonyl (C=O) groups is 1. The van der Waals surface area contributed by atoms with Gasteiger partial charge in [0.15, 0.2) is 0 Å². The fraction of sp³-hybridized carbons (Fsp3) is 0.368. The van der Waals surface area contributed by atoms with E-state index in [1.165, 1.54) is 0 Å². The van der Waals surface area contributed by atoms with Crippen LogP contribution in [0.2, 0.25) is 0 Å². The molecule has 0 atom stereocenters. The molecule has 0 radical (unpaired) electrons. The van der Waals surface area contributed by atoms with Gasteiger partial charge in [0.2, 0.25) is 0 Å². The summed E-state index contributed by atoms with van der Waals surface area (Å²) in [5, 5.41) is 5.83. The minimum absolute atomic E-state index is 0.127. The molecule has 0 unspecified atom stereocenters. The highest BCUT2D eigenvalue weighted by atomic mass is 19.4. The third-order valence-electron chi connectivity index (χ3n) is 4.34. The molecule has 6 nitrogen and oxygen atoms in total. The van der Waals surface area contributed by atoms with Crippen LogP contribution < -0.4 is 10.6 Å². The lowest BCUT2D eigenvalue weighted by Crippen LogP contribution is -2.39. The number of aromatic nitrogens is 1. The van der Waals surface area contributed by atoms with Crippen LogP contribution in [-0.4, -0.2) is 55.2 Å². The Morgan fingerprint density at radius 2 is 1.82 bits per heavy atom. The van der Waals surface area contributed by atoms with E-state index in [9.17, 15) is 18.0 Å². The van der Waals surface area contributed by atoms with Crippen LogP contribution in [0.5, 0.6) is 0 Å². The molecule has 1 amide bonds. The zero-order valence-corrected chi connectivity index (χ0v) is 15.1. The number of alkyl halides is 3. The van der Waals surface area contributed by atoms with Crippen LogP contribution in [0.4, 0.5) is 24.7 Å². The summed E-state index contributed by atoms with van der Waals surface area (Å²) >= 11 is 0. The summed E-state index contributed by atoms with van der Waals surface area (Å²) in [6, 6.07) is 7.46. The minimum Gasteiger partial charge on any atom is -0.383 e. The molecule has 1 aliphatic heterocycles. The maximum Gasteiger partial charge on any atom is 0.416 e. The van der Waals surface area contributed by atoms with Crippen LogP contribution in [0.25, 0.3) is 0 Å². The first kappa shape index (κ1) is 20.1. The average molecular weight is 394 g/mol. The maximum absolute atomic E-state index is 12.6. The number of halogens is 3. The van der Waals surface area contributed by atoms with Crippen LogP contribution in [0.3, 0.4) is 0 Å². The minimum atomic E-state index is -4.43. The van der Waals surface area contributed by atoms with Crippen molar-refractivity contribution < 1.29 is 22.7 Å². The highest BCUT2D eigenvalue weighted by molar-refractivity contribution is 6.03. The van der Waals surface area contributed by atoms with Crippen molar-refractivity contribution >= 4 is 17.4 Å². The van der Waals surface area contributed by atoms with Gasteiger partial charge in [-0.05, 0) is 36.4 Å². The highest BCUT2D eigenvalue weighted by Crippen LogP contribution is 2.29. The second-order valence-electron chi connectivity index (χ2n) is 6.34. The van der Waals surface area contributed by atoms with Crippen LogP contribution in [0.15, 0.2) is 42.6 Å². The molecular weight excluding hydrogens is 373 g/mol. The van der Waals surface area contributed by atoms with E-state index in [-0.39, 0.29) is 5.56 Å². The quantitative estimate of drug-likeness (QED) is 0.788. The maximum atomic E-state index is 12.6. The molecular formula is C19H21F3N4O2. The molecule has 3 rings (SSSR count). The van der Waals surface area contributed by atoms with E-state index in [2.05, 4.69) is 20.5 Å². The van der Waals surface area contributed by atoms with E-state index >= 15 is 0 Å². The number of hydrogen-bond donors (Lipinski definition) is 2. The van der Waals surface area contributed by atoms with Gasteiger partial charge >= 0.3 is 6.18 Å². The first-order chi connectivity index (χ1) is 13.4. The van der Waals surface area contributed by atoms with Gasteiger partial charge in [0, 0.05) is 31.7 Å². The highest BCUT2D eigenvalue weighted by Gasteiger charge is 2.30. The number of morpholine rings is 1. The van der Waals surface area contributed by atoms with Crippen LogP contribution in [0, 0.1) is 0 Å². The van der Waals surface area contributed by atoms with E-state index < -0.39 is 17.6 Å². The van der Waals surface area contributed by atoms with Crippen molar-refractivity contribution in [3.63, 3.8) is 0 Å². The normalized spacial score (nSPS) is 15.2. The predicted molar refractivity (Wildman–Crippen MR) is 99.4 cm³/mol. The summed E-state index contributed by atoms with van der Waals surface area (Å²) in [5.74, 6) is -0.196. The summed E-state index contributed by atoms with van der Waals surface area (Å²) in [6.45, 7) is 5.03. The summed E-state index contributed by atoms with van der Waals surface area (Å²) < 4.78 is 43.0. The largest absolute Gasteiger partial charge is 0.416 e. The molecule has 2 N–H and O–H groups in total. The predicted octanol–water partition coefficient (Wildman–Crippen LogP) is 3.10. The van der Waals surface area contributed by atoms with Crippen molar-refractivity contribution in [3.8, 4) is 0 Å².